The minimum Gasteiger partial charge on any atom is -0.545 e. The van der Waals surface area contributed by atoms with Gasteiger partial charge in [-0.05, 0) is 47.7 Å². The molecular formula is C26H18N3O4S-. The highest BCUT2D eigenvalue weighted by molar-refractivity contribution is 8.18. The van der Waals surface area contributed by atoms with Gasteiger partial charge in [-0.1, -0.05) is 48.5 Å². The molecule has 1 heterocycles. The summed E-state index contributed by atoms with van der Waals surface area (Å²) in [6.45, 7) is 0.222. The zero-order chi connectivity index (χ0) is 24.1. The molecule has 0 bridgehead atoms. The van der Waals surface area contributed by atoms with Gasteiger partial charge in [-0.15, -0.1) is 0 Å². The number of benzene rings is 3. The number of thioether (sulfide) groups is 1. The number of aromatic carboxylic acids is 1. The van der Waals surface area contributed by atoms with Crippen LogP contribution in [-0.2, 0) is 11.4 Å². The van der Waals surface area contributed by atoms with E-state index in [1.807, 2.05) is 36.4 Å². The molecule has 168 valence electrons. The van der Waals surface area contributed by atoms with E-state index in [-0.39, 0.29) is 18.1 Å². The topological polar surface area (TPSA) is 106 Å². The normalized spacial score (nSPS) is 15.5. The van der Waals surface area contributed by atoms with Gasteiger partial charge < -0.3 is 14.6 Å². The van der Waals surface area contributed by atoms with E-state index in [1.54, 1.807) is 37.4 Å². The highest BCUT2D eigenvalue weighted by Gasteiger charge is 2.30. The molecule has 3 aromatic rings. The predicted molar refractivity (Wildman–Crippen MR) is 128 cm³/mol. The standard InChI is InChI=1S/C26H19N3O4S/c1-29-24(30)23(34-26(29)28-21-12-10-17(11-13-21)25(31)32)14-18-6-4-5-9-22(18)33-16-20-8-3-2-7-19(20)15-27/h2-14H,16H2,1H3,(H,31,32)/p-1/b23-14-,28-26?. The molecule has 0 radical (unpaired) electrons. The predicted octanol–water partition coefficient (Wildman–Crippen LogP) is 3.73. The smallest absolute Gasteiger partial charge is 0.266 e. The third-order valence-corrected chi connectivity index (χ3v) is 6.12. The molecule has 0 aliphatic carbocycles. The van der Waals surface area contributed by atoms with Gasteiger partial charge in [0.15, 0.2) is 5.17 Å². The summed E-state index contributed by atoms with van der Waals surface area (Å²) in [4.78, 5) is 30.1. The van der Waals surface area contributed by atoms with Crippen molar-refractivity contribution in [3.05, 3.63) is 100.0 Å². The van der Waals surface area contributed by atoms with E-state index in [0.29, 0.717) is 27.1 Å². The summed E-state index contributed by atoms with van der Waals surface area (Å²) >= 11 is 1.22. The number of rotatable bonds is 6. The Balaban J connectivity index is 1.56. The molecule has 34 heavy (non-hydrogen) atoms. The lowest BCUT2D eigenvalue weighted by Crippen LogP contribution is -2.23. The van der Waals surface area contributed by atoms with Gasteiger partial charge in [-0.25, -0.2) is 4.99 Å². The Morgan fingerprint density at radius 3 is 2.56 bits per heavy atom. The number of hydrogen-bond acceptors (Lipinski definition) is 7. The first-order chi connectivity index (χ1) is 16.5. The van der Waals surface area contributed by atoms with E-state index >= 15 is 0 Å². The van der Waals surface area contributed by atoms with Gasteiger partial charge in [0.2, 0.25) is 0 Å². The summed E-state index contributed by atoms with van der Waals surface area (Å²) in [5.74, 6) is -0.884. The number of ether oxygens (including phenoxy) is 1. The number of amides is 1. The van der Waals surface area contributed by atoms with Gasteiger partial charge in [-0.3, -0.25) is 9.69 Å². The average Bonchev–Trinajstić information content (AvgIpc) is 3.11. The maximum Gasteiger partial charge on any atom is 0.266 e. The fourth-order valence-corrected chi connectivity index (χ4v) is 4.20. The van der Waals surface area contributed by atoms with Crippen LogP contribution in [0.25, 0.3) is 6.08 Å². The van der Waals surface area contributed by atoms with E-state index in [9.17, 15) is 20.0 Å². The largest absolute Gasteiger partial charge is 0.545 e. The van der Waals surface area contributed by atoms with Gasteiger partial charge in [-0.2, -0.15) is 5.26 Å². The van der Waals surface area contributed by atoms with E-state index in [1.165, 1.54) is 28.8 Å². The Kier molecular flexibility index (Phi) is 6.76. The number of carboxylic acids is 1. The van der Waals surface area contributed by atoms with Crippen LogP contribution >= 0.6 is 11.8 Å². The molecule has 4 rings (SSSR count). The molecule has 3 aromatic carbocycles. The average molecular weight is 469 g/mol. The highest BCUT2D eigenvalue weighted by atomic mass is 32.2. The quantitative estimate of drug-likeness (QED) is 0.511. The fourth-order valence-electron chi connectivity index (χ4n) is 3.22. The molecule has 1 aliphatic rings. The van der Waals surface area contributed by atoms with Gasteiger partial charge in [0.1, 0.15) is 12.4 Å². The molecule has 0 aromatic heterocycles. The van der Waals surface area contributed by atoms with Crippen LogP contribution in [0.1, 0.15) is 27.0 Å². The second-order valence-electron chi connectivity index (χ2n) is 7.30. The first kappa shape index (κ1) is 22.8. The maximum atomic E-state index is 12.8. The first-order valence-electron chi connectivity index (χ1n) is 10.2. The van der Waals surface area contributed by atoms with Crippen molar-refractivity contribution in [3.63, 3.8) is 0 Å². The van der Waals surface area contributed by atoms with Crippen molar-refractivity contribution in [2.24, 2.45) is 4.99 Å². The maximum absolute atomic E-state index is 12.8. The van der Waals surface area contributed by atoms with Crippen LogP contribution in [0.2, 0.25) is 0 Å². The number of likely N-dealkylation sites (N-methyl/N-ethyl adjacent to an activating group) is 1. The summed E-state index contributed by atoms with van der Waals surface area (Å²) in [5.41, 5.74) is 2.63. The number of nitriles is 1. The van der Waals surface area contributed by atoms with Crippen molar-refractivity contribution in [1.29, 1.82) is 5.26 Å². The zero-order valence-corrected chi connectivity index (χ0v) is 18.9. The summed E-state index contributed by atoms with van der Waals surface area (Å²) in [7, 11) is 1.63. The van der Waals surface area contributed by atoms with Crippen molar-refractivity contribution in [2.75, 3.05) is 7.05 Å². The number of hydrogen-bond donors (Lipinski definition) is 0. The summed E-state index contributed by atoms with van der Waals surface area (Å²) in [5, 5.41) is 20.7. The van der Waals surface area contributed by atoms with Crippen molar-refractivity contribution in [2.45, 2.75) is 6.61 Å². The number of carbonyl (C=O) groups is 2. The lowest BCUT2D eigenvalue weighted by Gasteiger charge is -2.10. The summed E-state index contributed by atoms with van der Waals surface area (Å²) in [6.07, 6.45) is 1.75. The SMILES string of the molecule is CN1C(=O)/C(=C/c2ccccc2OCc2ccccc2C#N)SC1=Nc1ccc(C(=O)[O-])cc1. The Bertz CT molecular complexity index is 1360. The number of aliphatic imine (C=N–C) groups is 1. The van der Waals surface area contributed by atoms with Crippen LogP contribution in [0.15, 0.2) is 82.7 Å². The van der Waals surface area contributed by atoms with E-state index in [2.05, 4.69) is 11.1 Å². The van der Waals surface area contributed by atoms with Crippen LogP contribution in [0.3, 0.4) is 0 Å². The van der Waals surface area contributed by atoms with Crippen molar-refractivity contribution in [1.82, 2.24) is 4.90 Å². The third kappa shape index (κ3) is 5.00. The zero-order valence-electron chi connectivity index (χ0n) is 18.1. The molecule has 7 nitrogen and oxygen atoms in total. The monoisotopic (exact) mass is 468 g/mol. The van der Waals surface area contributed by atoms with Gasteiger partial charge in [0, 0.05) is 18.2 Å². The second kappa shape index (κ2) is 10.1. The lowest BCUT2D eigenvalue weighted by molar-refractivity contribution is -0.255. The second-order valence-corrected chi connectivity index (χ2v) is 8.31. The van der Waals surface area contributed by atoms with Crippen LogP contribution in [0, 0.1) is 11.3 Å². The molecule has 1 fully saturated rings. The lowest BCUT2D eigenvalue weighted by atomic mass is 10.1. The van der Waals surface area contributed by atoms with E-state index < -0.39 is 5.97 Å². The number of carboxylic acid groups (broad SMARTS) is 1. The highest BCUT2D eigenvalue weighted by Crippen LogP contribution is 2.35. The molecule has 1 amide bonds. The molecule has 1 aliphatic heterocycles. The Morgan fingerprint density at radius 2 is 1.82 bits per heavy atom. The molecule has 0 spiro atoms. The van der Waals surface area contributed by atoms with Gasteiger partial charge in [0.25, 0.3) is 5.91 Å². The number of carbonyl (C=O) groups excluding carboxylic acids is 2. The Labute approximate surface area is 200 Å². The third-order valence-electron chi connectivity index (χ3n) is 5.06. The molecule has 0 unspecified atom stereocenters. The first-order valence-corrected chi connectivity index (χ1v) is 11.1. The molecule has 0 saturated carbocycles. The summed E-state index contributed by atoms with van der Waals surface area (Å²) in [6, 6.07) is 22.7. The molecule has 1 saturated heterocycles. The van der Waals surface area contributed by atoms with Crippen LogP contribution < -0.4 is 9.84 Å². The summed E-state index contributed by atoms with van der Waals surface area (Å²) < 4.78 is 5.98. The minimum absolute atomic E-state index is 0.0574. The van der Waals surface area contributed by atoms with Crippen LogP contribution in [0.4, 0.5) is 5.69 Å². The van der Waals surface area contributed by atoms with Crippen LogP contribution in [0.5, 0.6) is 5.75 Å². The number of amidine groups is 1. The Hall–Kier alpha value is -4.35. The van der Waals surface area contributed by atoms with Crippen molar-refractivity contribution in [3.8, 4) is 11.8 Å². The molecular weight excluding hydrogens is 450 g/mol. The molecule has 0 atom stereocenters. The Morgan fingerprint density at radius 1 is 1.12 bits per heavy atom. The fraction of sp³-hybridized carbons (Fsp3) is 0.0769. The van der Waals surface area contributed by atoms with Gasteiger partial charge >= 0.3 is 0 Å². The van der Waals surface area contributed by atoms with Crippen molar-refractivity contribution < 1.29 is 19.4 Å². The number of para-hydroxylation sites is 1. The molecule has 0 N–H and O–H groups in total. The van der Waals surface area contributed by atoms with Gasteiger partial charge in [0.05, 0.1) is 28.2 Å². The van der Waals surface area contributed by atoms with E-state index in [0.717, 1.165) is 11.1 Å². The van der Waals surface area contributed by atoms with Crippen molar-refractivity contribution >= 4 is 40.6 Å². The van der Waals surface area contributed by atoms with Crippen LogP contribution in [-0.4, -0.2) is 29.0 Å². The molecule has 8 heteroatoms. The van der Waals surface area contributed by atoms with E-state index in [4.69, 9.17) is 4.74 Å². The minimum atomic E-state index is -1.26. The number of nitrogens with zero attached hydrogens (tertiary/aromatic N) is 3.